The first-order valence-electron chi connectivity index (χ1n) is 12.8. The summed E-state index contributed by atoms with van der Waals surface area (Å²) in [5.74, 6) is -0.431. The molecular formula is C13H24N4O3S. The third-order valence-corrected chi connectivity index (χ3v) is 2.83. The number of rotatable bonds is 6. The van der Waals surface area contributed by atoms with Gasteiger partial charge in [0.15, 0.2) is 0 Å². The molecular weight excluding hydrogens is 292 g/mol. The van der Waals surface area contributed by atoms with Crippen molar-refractivity contribution in [2.24, 2.45) is 0 Å². The minimum Gasteiger partial charge on any atom is -0.472 e. The first-order chi connectivity index (χ1) is 15.4. The smallest absolute Gasteiger partial charge is 0.270 e. The van der Waals surface area contributed by atoms with Gasteiger partial charge in [-0.2, -0.15) is 4.37 Å². The van der Waals surface area contributed by atoms with Crippen LogP contribution in [-0.2, 0) is 4.74 Å². The molecule has 1 aromatic rings. The number of hydrogen-bond donors (Lipinski definition) is 2. The Kier molecular flexibility index (Phi) is 2.07. The van der Waals surface area contributed by atoms with Crippen molar-refractivity contribution < 1.29 is 33.8 Å². The number of nitrogens with zero attached hydrogens (tertiary/aromatic N) is 3. The van der Waals surface area contributed by atoms with E-state index in [1.165, 1.54) is 0 Å². The van der Waals surface area contributed by atoms with Crippen molar-refractivity contribution in [3.63, 3.8) is 0 Å². The normalized spacial score (nSPS) is 35.8. The Morgan fingerprint density at radius 1 is 1.57 bits per heavy atom. The van der Waals surface area contributed by atoms with E-state index in [1.807, 2.05) is 5.32 Å². The number of anilines is 1. The van der Waals surface area contributed by atoms with Crippen LogP contribution >= 0.6 is 11.7 Å². The van der Waals surface area contributed by atoms with E-state index in [0.717, 1.165) is 4.90 Å². The lowest BCUT2D eigenvalue weighted by molar-refractivity contribution is 0.0975. The summed E-state index contributed by atoms with van der Waals surface area (Å²) in [7, 11) is 0. The van der Waals surface area contributed by atoms with Crippen molar-refractivity contribution in [3.05, 3.63) is 0 Å². The van der Waals surface area contributed by atoms with Crippen molar-refractivity contribution in [3.8, 4) is 5.88 Å². The molecule has 2 rings (SSSR count). The lowest BCUT2D eigenvalue weighted by Gasteiger charge is -2.27. The molecule has 0 spiro atoms. The summed E-state index contributed by atoms with van der Waals surface area (Å²) in [6.07, 6.45) is -2.75. The average Bonchev–Trinajstić information content (AvgIpc) is 3.02. The van der Waals surface area contributed by atoms with Gasteiger partial charge in [0.1, 0.15) is 12.7 Å². The number of aliphatic hydroxyl groups is 1. The van der Waals surface area contributed by atoms with Crippen LogP contribution in [0.1, 0.15) is 39.7 Å². The van der Waals surface area contributed by atoms with E-state index in [4.69, 9.17) is 28.7 Å². The monoisotopic (exact) mass is 330 g/mol. The van der Waals surface area contributed by atoms with Gasteiger partial charge in [0.25, 0.3) is 5.88 Å². The van der Waals surface area contributed by atoms with Gasteiger partial charge >= 0.3 is 0 Å². The fourth-order valence-corrected chi connectivity index (χ4v) is 1.89. The van der Waals surface area contributed by atoms with E-state index < -0.39 is 71.5 Å². The van der Waals surface area contributed by atoms with Crippen LogP contribution in [-0.4, -0.2) is 64.8 Å². The molecule has 0 aromatic carbocycles. The summed E-state index contributed by atoms with van der Waals surface area (Å²) in [5, 5.41) is 12.2. The molecule has 2 heterocycles. The molecule has 120 valence electrons. The highest BCUT2D eigenvalue weighted by Crippen LogP contribution is 2.26. The van der Waals surface area contributed by atoms with Crippen LogP contribution in [0.15, 0.2) is 0 Å². The van der Waals surface area contributed by atoms with Crippen LogP contribution in [0.4, 0.5) is 5.82 Å². The zero-order chi connectivity index (χ0) is 27.3. The molecule has 1 fully saturated rings. The van der Waals surface area contributed by atoms with E-state index in [2.05, 4.69) is 8.75 Å². The molecule has 1 aromatic heterocycles. The van der Waals surface area contributed by atoms with Crippen molar-refractivity contribution in [2.75, 3.05) is 44.3 Å². The second-order valence-corrected chi connectivity index (χ2v) is 4.63. The topological polar surface area (TPSA) is 79.7 Å². The lowest BCUT2D eigenvalue weighted by atomic mass is 10.1. The number of nitrogens with one attached hydrogen (secondary N) is 1. The van der Waals surface area contributed by atoms with Crippen LogP contribution in [0.5, 0.6) is 5.88 Å². The van der Waals surface area contributed by atoms with Gasteiger partial charge in [-0.25, -0.2) is 0 Å². The summed E-state index contributed by atoms with van der Waals surface area (Å²) in [5.41, 5.74) is -3.46. The van der Waals surface area contributed by atoms with Crippen molar-refractivity contribution in [1.82, 2.24) is 14.1 Å². The van der Waals surface area contributed by atoms with Gasteiger partial charge in [-0.15, -0.1) is 4.37 Å². The standard InChI is InChI=1S/C13H24N4O3S/c1-13(2,3)14-8-10(18)9-20-12-11(15-21-16-12)17-4-6-19-7-5-17/h10,14,18H,4-9H2,1-3H3/t10-/m1/s1/i1D3,2D3,3D3,6D2,7D2,10D. The molecule has 1 saturated heterocycles. The highest BCUT2D eigenvalue weighted by molar-refractivity contribution is 6.99. The summed E-state index contributed by atoms with van der Waals surface area (Å²) in [6.45, 7) is -18.5. The van der Waals surface area contributed by atoms with E-state index in [0.29, 0.717) is 11.7 Å². The van der Waals surface area contributed by atoms with E-state index in [1.54, 1.807) is 0 Å². The van der Waals surface area contributed by atoms with E-state index >= 15 is 0 Å². The predicted octanol–water partition coefficient (Wildman–Crippen LogP) is 0.503. The van der Waals surface area contributed by atoms with E-state index in [-0.39, 0.29) is 11.7 Å². The zero-order valence-corrected chi connectivity index (χ0v) is 11.7. The third-order valence-electron chi connectivity index (χ3n) is 2.33. The van der Waals surface area contributed by atoms with Gasteiger partial charge in [0.05, 0.1) is 31.7 Å². The van der Waals surface area contributed by atoms with Gasteiger partial charge in [0, 0.05) is 37.5 Å². The molecule has 1 aliphatic rings. The van der Waals surface area contributed by atoms with E-state index in [9.17, 15) is 5.11 Å². The second-order valence-electron chi connectivity index (χ2n) is 4.10. The molecule has 0 saturated carbocycles. The molecule has 8 heteroatoms. The highest BCUT2D eigenvalue weighted by Gasteiger charge is 2.21. The number of aromatic nitrogens is 2. The van der Waals surface area contributed by atoms with Crippen LogP contribution < -0.4 is 15.0 Å². The zero-order valence-electron chi connectivity index (χ0n) is 24.8. The first kappa shape index (κ1) is 5.92. The SMILES string of the molecule is [2H]C1([2H])CN(c2nsnc2OC[C@]([2H])(O)CNC(C([2H])([2H])[2H])(C([2H])([2H])[2H])C([2H])([2H])[2H])CC([2H])([2H])O1. The Bertz CT molecular complexity index is 832. The second kappa shape index (κ2) is 7.35. The molecule has 0 bridgehead atoms. The molecule has 1 atom stereocenters. The maximum atomic E-state index is 10.4. The van der Waals surface area contributed by atoms with Crippen molar-refractivity contribution in [1.29, 1.82) is 0 Å². The molecule has 0 amide bonds. The van der Waals surface area contributed by atoms with Crippen LogP contribution in [0, 0.1) is 0 Å². The molecule has 7 nitrogen and oxygen atoms in total. The first-order valence-corrected chi connectivity index (χ1v) is 6.54. The van der Waals surface area contributed by atoms with Crippen molar-refractivity contribution in [2.45, 2.75) is 32.2 Å². The van der Waals surface area contributed by atoms with Crippen LogP contribution in [0.3, 0.4) is 0 Å². The minimum atomic E-state index is -3.58. The Hall–Kier alpha value is -0.960. The fraction of sp³-hybridized carbons (Fsp3) is 0.846. The molecule has 2 N–H and O–H groups in total. The summed E-state index contributed by atoms with van der Waals surface area (Å²) in [6, 6.07) is 0. The number of hydrogen-bond acceptors (Lipinski definition) is 8. The fourth-order valence-electron chi connectivity index (χ4n) is 1.37. The maximum absolute atomic E-state index is 10.4. The highest BCUT2D eigenvalue weighted by atomic mass is 32.1. The quantitative estimate of drug-likeness (QED) is 0.786. The number of morpholine rings is 1. The van der Waals surface area contributed by atoms with Gasteiger partial charge < -0.3 is 24.8 Å². The van der Waals surface area contributed by atoms with Crippen LogP contribution in [0.25, 0.3) is 0 Å². The van der Waals surface area contributed by atoms with Crippen LogP contribution in [0.2, 0.25) is 0 Å². The van der Waals surface area contributed by atoms with Gasteiger partial charge in [-0.3, -0.25) is 0 Å². The summed E-state index contributed by atoms with van der Waals surface area (Å²) >= 11 is 0.604. The predicted molar refractivity (Wildman–Crippen MR) is 82.2 cm³/mol. The summed E-state index contributed by atoms with van der Waals surface area (Å²) in [4.78, 5) is 1.15. The van der Waals surface area contributed by atoms with Gasteiger partial charge in [-0.05, 0) is 20.6 Å². The Labute approximate surface area is 149 Å². The largest absolute Gasteiger partial charge is 0.472 e. The molecule has 0 unspecified atom stereocenters. The number of ether oxygens (including phenoxy) is 2. The lowest BCUT2D eigenvalue weighted by Crippen LogP contribution is -2.42. The average molecular weight is 331 g/mol. The van der Waals surface area contributed by atoms with Crippen molar-refractivity contribution >= 4 is 17.5 Å². The molecule has 0 aliphatic carbocycles. The Balaban J connectivity index is 2.20. The molecule has 0 radical (unpaired) electrons. The summed E-state index contributed by atoms with van der Waals surface area (Å²) < 4.78 is 125. The maximum Gasteiger partial charge on any atom is 0.270 e. The third kappa shape index (κ3) is 5.39. The molecule has 1 aliphatic heterocycles. The Morgan fingerprint density at radius 2 is 2.33 bits per heavy atom. The van der Waals surface area contributed by atoms with Gasteiger partial charge in [-0.1, -0.05) is 0 Å². The Morgan fingerprint density at radius 3 is 3.05 bits per heavy atom. The van der Waals surface area contributed by atoms with Gasteiger partial charge in [0.2, 0.25) is 5.82 Å². The number of β-amino-alcohol motifs (C(OH)–C–C–N with tert-alkyl or cyclic N) is 1. The minimum absolute atomic E-state index is 0.114. The molecule has 21 heavy (non-hydrogen) atoms.